The summed E-state index contributed by atoms with van der Waals surface area (Å²) < 4.78 is 18.7. The van der Waals surface area contributed by atoms with Crippen LogP contribution in [0.25, 0.3) is 16.6 Å². The first-order chi connectivity index (χ1) is 17.9. The molecule has 1 fully saturated rings. The molecule has 5 atom stereocenters. The predicted molar refractivity (Wildman–Crippen MR) is 134 cm³/mol. The van der Waals surface area contributed by atoms with Gasteiger partial charge in [0.15, 0.2) is 5.78 Å². The van der Waals surface area contributed by atoms with Gasteiger partial charge in [-0.1, -0.05) is 42.5 Å². The van der Waals surface area contributed by atoms with Crippen LogP contribution in [0, 0.1) is 0 Å². The molecular weight excluding hydrogens is 478 g/mol. The van der Waals surface area contributed by atoms with Gasteiger partial charge >= 0.3 is 0 Å². The summed E-state index contributed by atoms with van der Waals surface area (Å²) >= 11 is 0. The van der Waals surface area contributed by atoms with Gasteiger partial charge in [0.1, 0.15) is 35.9 Å². The molecule has 0 aliphatic carbocycles. The Hall–Kier alpha value is -3.73. The summed E-state index contributed by atoms with van der Waals surface area (Å²) in [5.41, 5.74) is 2.22. The minimum absolute atomic E-state index is 0.174. The molecule has 1 aliphatic rings. The maximum atomic E-state index is 13.5. The number of para-hydroxylation sites is 1. The summed E-state index contributed by atoms with van der Waals surface area (Å²) in [5.74, 6) is 0.682. The number of aliphatic hydroxyl groups excluding tert-OH is 4. The number of hydrogen-bond donors (Lipinski definition) is 4. The van der Waals surface area contributed by atoms with Crippen LogP contribution in [0.2, 0.25) is 0 Å². The number of nitrogens with zero attached hydrogens (tertiary/aromatic N) is 1. The van der Waals surface area contributed by atoms with E-state index < -0.39 is 37.3 Å². The normalized spacial score (nSPS) is 23.6. The van der Waals surface area contributed by atoms with Crippen molar-refractivity contribution in [3.05, 3.63) is 90.1 Å². The van der Waals surface area contributed by atoms with E-state index >= 15 is 0 Å². The molecule has 192 valence electrons. The molecule has 1 aromatic heterocycles. The van der Waals surface area contributed by atoms with E-state index in [0.717, 1.165) is 0 Å². The van der Waals surface area contributed by atoms with Crippen LogP contribution in [0.5, 0.6) is 11.5 Å². The molecule has 3 aromatic carbocycles. The van der Waals surface area contributed by atoms with Gasteiger partial charge in [0, 0.05) is 22.6 Å². The van der Waals surface area contributed by atoms with Gasteiger partial charge in [-0.15, -0.1) is 0 Å². The fourth-order valence-electron chi connectivity index (χ4n) is 4.51. The summed E-state index contributed by atoms with van der Waals surface area (Å²) in [7, 11) is 1.54. The number of rotatable bonds is 7. The van der Waals surface area contributed by atoms with Gasteiger partial charge in [0.05, 0.1) is 31.1 Å². The van der Waals surface area contributed by atoms with E-state index in [-0.39, 0.29) is 5.78 Å². The van der Waals surface area contributed by atoms with E-state index in [1.807, 2.05) is 30.3 Å². The van der Waals surface area contributed by atoms with Crippen LogP contribution in [0.1, 0.15) is 15.9 Å². The zero-order valence-electron chi connectivity index (χ0n) is 20.0. The number of methoxy groups -OCH3 is 1. The number of carbonyl (C=O) groups excluding carboxylic acids is 1. The van der Waals surface area contributed by atoms with Crippen molar-refractivity contribution in [3.8, 4) is 17.2 Å². The summed E-state index contributed by atoms with van der Waals surface area (Å²) in [5, 5.41) is 40.9. The SMILES string of the molecule is COc1ccc(C(=O)c2ccccc2)c(-n2cc(O[C@H]3O[C@H](CO)[C@H](O)[C@H](O)[C@H]3O)c3ccccc32)c1. The second kappa shape index (κ2) is 10.3. The predicted octanol–water partition coefficient (Wildman–Crippen LogP) is 2.05. The van der Waals surface area contributed by atoms with Crippen LogP contribution < -0.4 is 9.47 Å². The van der Waals surface area contributed by atoms with Gasteiger partial charge in [-0.3, -0.25) is 4.79 Å². The Labute approximate surface area is 212 Å². The van der Waals surface area contributed by atoms with Gasteiger partial charge in [-0.05, 0) is 24.3 Å². The molecule has 0 spiro atoms. The standard InChI is InChI=1S/C28H27NO8/c1-35-17-11-12-19(24(31)16-7-3-2-4-8-16)21(13-17)29-14-22(18-9-5-6-10-20(18)29)36-28-27(34)26(33)25(32)23(15-30)37-28/h2-14,23,25-28,30,32-34H,15H2,1H3/t23-,25+,26+,27-,28+/m1/s1. The number of hydrogen-bond acceptors (Lipinski definition) is 8. The lowest BCUT2D eigenvalue weighted by molar-refractivity contribution is -0.277. The average Bonchev–Trinajstić information content (AvgIpc) is 3.31. The van der Waals surface area contributed by atoms with Crippen molar-refractivity contribution in [2.24, 2.45) is 0 Å². The minimum atomic E-state index is -1.57. The maximum Gasteiger partial charge on any atom is 0.229 e. The molecule has 0 radical (unpaired) electrons. The molecule has 2 heterocycles. The summed E-state index contributed by atoms with van der Waals surface area (Å²) in [6, 6.07) is 21.4. The Morgan fingerprint density at radius 3 is 2.41 bits per heavy atom. The second-order valence-electron chi connectivity index (χ2n) is 8.77. The average molecular weight is 506 g/mol. The van der Waals surface area contributed by atoms with Crippen LogP contribution in [0.15, 0.2) is 79.0 Å². The fraction of sp³-hybridized carbons (Fsp3) is 0.250. The van der Waals surface area contributed by atoms with Gasteiger partial charge in [-0.2, -0.15) is 0 Å². The van der Waals surface area contributed by atoms with E-state index in [1.54, 1.807) is 60.3 Å². The van der Waals surface area contributed by atoms with Crippen LogP contribution >= 0.6 is 0 Å². The molecule has 1 aliphatic heterocycles. The van der Waals surface area contributed by atoms with Gasteiger partial charge in [-0.25, -0.2) is 0 Å². The number of aliphatic hydroxyl groups is 4. The molecule has 4 aromatic rings. The molecule has 0 bridgehead atoms. The molecule has 9 nitrogen and oxygen atoms in total. The van der Waals surface area contributed by atoms with Crippen molar-refractivity contribution in [2.75, 3.05) is 13.7 Å². The highest BCUT2D eigenvalue weighted by Crippen LogP contribution is 2.35. The number of benzene rings is 3. The largest absolute Gasteiger partial charge is 0.497 e. The van der Waals surface area contributed by atoms with Gasteiger partial charge in [0.25, 0.3) is 0 Å². The molecular formula is C28H27NO8. The van der Waals surface area contributed by atoms with E-state index in [0.29, 0.717) is 39.2 Å². The third kappa shape index (κ3) is 4.59. The highest BCUT2D eigenvalue weighted by atomic mass is 16.7. The third-order valence-electron chi connectivity index (χ3n) is 6.51. The smallest absolute Gasteiger partial charge is 0.229 e. The van der Waals surface area contributed by atoms with Crippen LogP contribution in [0.4, 0.5) is 0 Å². The lowest BCUT2D eigenvalue weighted by Gasteiger charge is -2.39. The van der Waals surface area contributed by atoms with E-state index in [4.69, 9.17) is 14.2 Å². The number of fused-ring (bicyclic) bond motifs is 1. The summed E-state index contributed by atoms with van der Waals surface area (Å²) in [6.07, 6.45) is -5.44. The van der Waals surface area contributed by atoms with E-state index in [1.165, 1.54) is 0 Å². The number of aromatic nitrogens is 1. The van der Waals surface area contributed by atoms with Crippen molar-refractivity contribution < 1.29 is 39.4 Å². The molecule has 5 rings (SSSR count). The topological polar surface area (TPSA) is 131 Å². The van der Waals surface area contributed by atoms with E-state index in [9.17, 15) is 25.2 Å². The highest BCUT2D eigenvalue weighted by Gasteiger charge is 2.45. The molecule has 0 unspecified atom stereocenters. The van der Waals surface area contributed by atoms with Crippen LogP contribution in [-0.2, 0) is 4.74 Å². The minimum Gasteiger partial charge on any atom is -0.497 e. The number of carbonyl (C=O) groups is 1. The Balaban J connectivity index is 1.60. The zero-order chi connectivity index (χ0) is 26.1. The van der Waals surface area contributed by atoms with Gasteiger partial charge < -0.3 is 39.2 Å². The lowest BCUT2D eigenvalue weighted by atomic mass is 9.99. The molecule has 0 saturated carbocycles. The molecule has 37 heavy (non-hydrogen) atoms. The van der Waals surface area contributed by atoms with E-state index in [2.05, 4.69) is 0 Å². The van der Waals surface area contributed by atoms with Crippen molar-refractivity contribution in [1.82, 2.24) is 4.57 Å². The fourth-order valence-corrected chi connectivity index (χ4v) is 4.51. The van der Waals surface area contributed by atoms with Crippen molar-refractivity contribution in [2.45, 2.75) is 30.7 Å². The Morgan fingerprint density at radius 2 is 1.68 bits per heavy atom. The monoisotopic (exact) mass is 505 g/mol. The van der Waals surface area contributed by atoms with Crippen LogP contribution in [-0.4, -0.2) is 75.2 Å². The van der Waals surface area contributed by atoms with Crippen molar-refractivity contribution in [3.63, 3.8) is 0 Å². The Kier molecular flexibility index (Phi) is 6.96. The Bertz CT molecular complexity index is 1400. The third-order valence-corrected chi connectivity index (χ3v) is 6.51. The Morgan fingerprint density at radius 1 is 0.946 bits per heavy atom. The van der Waals surface area contributed by atoms with Crippen molar-refractivity contribution >= 4 is 16.7 Å². The number of ether oxygens (including phenoxy) is 3. The summed E-state index contributed by atoms with van der Waals surface area (Å²) in [4.78, 5) is 13.5. The van der Waals surface area contributed by atoms with Crippen molar-refractivity contribution in [1.29, 1.82) is 0 Å². The quantitative estimate of drug-likeness (QED) is 0.281. The van der Waals surface area contributed by atoms with Crippen LogP contribution in [0.3, 0.4) is 0 Å². The lowest BCUT2D eigenvalue weighted by Crippen LogP contribution is -2.60. The molecule has 4 N–H and O–H groups in total. The van der Waals surface area contributed by atoms with Gasteiger partial charge in [0.2, 0.25) is 6.29 Å². The first-order valence-corrected chi connectivity index (χ1v) is 11.8. The highest BCUT2D eigenvalue weighted by molar-refractivity contribution is 6.11. The zero-order valence-corrected chi connectivity index (χ0v) is 20.0. The summed E-state index contributed by atoms with van der Waals surface area (Å²) in [6.45, 7) is -0.568. The molecule has 0 amide bonds. The first kappa shape index (κ1) is 24.9. The first-order valence-electron chi connectivity index (χ1n) is 11.8. The molecule has 9 heteroatoms. The maximum absolute atomic E-state index is 13.5. The number of ketones is 1. The molecule has 1 saturated heterocycles. The second-order valence-corrected chi connectivity index (χ2v) is 8.77.